The van der Waals surface area contributed by atoms with E-state index in [4.69, 9.17) is 11.6 Å². The molecular weight excluding hydrogens is 230 g/mol. The van der Waals surface area contributed by atoms with Crippen molar-refractivity contribution in [3.63, 3.8) is 0 Å². The van der Waals surface area contributed by atoms with Gasteiger partial charge in [-0.15, -0.1) is 0 Å². The number of halogens is 1. The van der Waals surface area contributed by atoms with Gasteiger partial charge in [-0.05, 0) is 56.2 Å². The van der Waals surface area contributed by atoms with Gasteiger partial charge in [0.2, 0.25) is 0 Å². The molecule has 1 saturated carbocycles. The number of benzene rings is 1. The maximum Gasteiger partial charge on any atom is 0.0426 e. The number of nitrogens with one attached hydrogen (secondary N) is 1. The van der Waals surface area contributed by atoms with Crippen LogP contribution in [0.3, 0.4) is 0 Å². The van der Waals surface area contributed by atoms with Gasteiger partial charge in [-0.1, -0.05) is 31.0 Å². The summed E-state index contributed by atoms with van der Waals surface area (Å²) in [4.78, 5) is 0. The van der Waals surface area contributed by atoms with E-state index in [1.54, 1.807) is 0 Å². The Morgan fingerprint density at radius 2 is 1.94 bits per heavy atom. The molecule has 0 amide bonds. The molecule has 1 aliphatic carbocycles. The van der Waals surface area contributed by atoms with E-state index in [2.05, 4.69) is 25.2 Å². The predicted molar refractivity (Wildman–Crippen MR) is 75.8 cm³/mol. The molecular formula is C15H22ClN. The number of hydrogen-bond acceptors (Lipinski definition) is 1. The van der Waals surface area contributed by atoms with Crippen molar-refractivity contribution in [2.24, 2.45) is 5.92 Å². The van der Waals surface area contributed by atoms with E-state index in [-0.39, 0.29) is 0 Å². The quantitative estimate of drug-likeness (QED) is 0.795. The van der Waals surface area contributed by atoms with Crippen LogP contribution in [0.15, 0.2) is 18.2 Å². The van der Waals surface area contributed by atoms with E-state index in [0.29, 0.717) is 6.04 Å². The normalized spacial score (nSPS) is 24.6. The molecule has 1 aromatic carbocycles. The van der Waals surface area contributed by atoms with E-state index in [9.17, 15) is 0 Å². The average molecular weight is 252 g/mol. The second kappa shape index (κ2) is 5.77. The predicted octanol–water partition coefficient (Wildman–Crippen LogP) is 5.03. The monoisotopic (exact) mass is 251 g/mol. The van der Waals surface area contributed by atoms with E-state index in [1.165, 1.54) is 43.4 Å². The molecule has 0 radical (unpaired) electrons. The Morgan fingerprint density at radius 1 is 1.24 bits per heavy atom. The van der Waals surface area contributed by atoms with Crippen molar-refractivity contribution in [1.29, 1.82) is 0 Å². The summed E-state index contributed by atoms with van der Waals surface area (Å²) in [6, 6.07) is 6.72. The second-order valence-electron chi connectivity index (χ2n) is 5.23. The number of rotatable bonds is 3. The topological polar surface area (TPSA) is 12.0 Å². The highest BCUT2D eigenvalue weighted by Crippen LogP contribution is 2.30. The zero-order valence-electron chi connectivity index (χ0n) is 10.8. The first-order valence-electron chi connectivity index (χ1n) is 6.71. The van der Waals surface area contributed by atoms with Gasteiger partial charge in [0.05, 0.1) is 0 Å². The van der Waals surface area contributed by atoms with Gasteiger partial charge in [-0.25, -0.2) is 0 Å². The van der Waals surface area contributed by atoms with Gasteiger partial charge in [0.1, 0.15) is 0 Å². The van der Waals surface area contributed by atoms with Crippen LogP contribution in [-0.4, -0.2) is 6.04 Å². The van der Waals surface area contributed by atoms with Crippen LogP contribution in [0.2, 0.25) is 5.02 Å². The van der Waals surface area contributed by atoms with Crippen molar-refractivity contribution in [2.75, 3.05) is 5.32 Å². The lowest BCUT2D eigenvalue weighted by Crippen LogP contribution is -2.26. The highest BCUT2D eigenvalue weighted by atomic mass is 35.5. The van der Waals surface area contributed by atoms with Gasteiger partial charge >= 0.3 is 0 Å². The first-order valence-corrected chi connectivity index (χ1v) is 7.09. The van der Waals surface area contributed by atoms with Crippen molar-refractivity contribution < 1.29 is 0 Å². The Hall–Kier alpha value is -0.690. The minimum absolute atomic E-state index is 0.634. The van der Waals surface area contributed by atoms with Crippen LogP contribution >= 0.6 is 11.6 Å². The first kappa shape index (κ1) is 12.8. The first-order chi connectivity index (χ1) is 8.19. The van der Waals surface area contributed by atoms with Crippen LogP contribution in [0.4, 0.5) is 5.69 Å². The van der Waals surface area contributed by atoms with Crippen molar-refractivity contribution >= 4 is 17.3 Å². The molecule has 0 aromatic heterocycles. The van der Waals surface area contributed by atoms with Crippen LogP contribution < -0.4 is 5.32 Å². The molecule has 1 aromatic rings. The van der Waals surface area contributed by atoms with Gasteiger partial charge in [0.25, 0.3) is 0 Å². The molecule has 1 fully saturated rings. The standard InChI is InChI=1S/C15H22ClN/c1-3-12-5-8-14(9-6-12)17-15-10-13(16)7-4-11(15)2/h4,7,10,12,14,17H,3,5-6,8-9H2,1-2H3. The van der Waals surface area contributed by atoms with Crippen LogP contribution in [0.1, 0.15) is 44.6 Å². The fourth-order valence-corrected chi connectivity index (χ4v) is 2.86. The summed E-state index contributed by atoms with van der Waals surface area (Å²) in [5, 5.41) is 4.47. The summed E-state index contributed by atoms with van der Waals surface area (Å²) in [6.45, 7) is 4.44. The zero-order chi connectivity index (χ0) is 12.3. The van der Waals surface area contributed by atoms with Crippen molar-refractivity contribution in [1.82, 2.24) is 0 Å². The molecule has 2 heteroatoms. The third-order valence-corrected chi connectivity index (χ3v) is 4.22. The van der Waals surface area contributed by atoms with Crippen LogP contribution in [-0.2, 0) is 0 Å². The second-order valence-corrected chi connectivity index (χ2v) is 5.67. The molecule has 0 unspecified atom stereocenters. The van der Waals surface area contributed by atoms with Crippen LogP contribution in [0.25, 0.3) is 0 Å². The Balaban J connectivity index is 1.95. The van der Waals surface area contributed by atoms with E-state index < -0.39 is 0 Å². The Kier molecular flexibility index (Phi) is 4.33. The summed E-state index contributed by atoms with van der Waals surface area (Å²) in [7, 11) is 0. The molecule has 1 nitrogen and oxygen atoms in total. The average Bonchev–Trinajstić information content (AvgIpc) is 2.35. The number of anilines is 1. The molecule has 0 heterocycles. The molecule has 0 atom stereocenters. The summed E-state index contributed by atoms with van der Waals surface area (Å²) < 4.78 is 0. The molecule has 17 heavy (non-hydrogen) atoms. The fraction of sp³-hybridized carbons (Fsp3) is 0.600. The molecule has 94 valence electrons. The Labute approximate surface area is 110 Å². The Morgan fingerprint density at radius 3 is 2.59 bits per heavy atom. The van der Waals surface area contributed by atoms with Crippen LogP contribution in [0.5, 0.6) is 0 Å². The third kappa shape index (κ3) is 3.38. The van der Waals surface area contributed by atoms with Gasteiger partial charge in [-0.2, -0.15) is 0 Å². The maximum absolute atomic E-state index is 6.04. The maximum atomic E-state index is 6.04. The van der Waals surface area contributed by atoms with E-state index in [1.807, 2.05) is 12.1 Å². The molecule has 0 spiro atoms. The van der Waals surface area contributed by atoms with Crippen molar-refractivity contribution in [2.45, 2.75) is 52.0 Å². The molecule has 1 N–H and O–H groups in total. The summed E-state index contributed by atoms with van der Waals surface area (Å²) in [5.74, 6) is 0.952. The fourth-order valence-electron chi connectivity index (χ4n) is 2.68. The minimum Gasteiger partial charge on any atom is -0.382 e. The minimum atomic E-state index is 0.634. The zero-order valence-corrected chi connectivity index (χ0v) is 11.6. The summed E-state index contributed by atoms with van der Waals surface area (Å²) in [6.07, 6.45) is 6.67. The lowest BCUT2D eigenvalue weighted by atomic mass is 9.84. The highest BCUT2D eigenvalue weighted by molar-refractivity contribution is 6.30. The third-order valence-electron chi connectivity index (χ3n) is 3.98. The number of hydrogen-bond donors (Lipinski definition) is 1. The lowest BCUT2D eigenvalue weighted by molar-refractivity contribution is 0.330. The summed E-state index contributed by atoms with van der Waals surface area (Å²) >= 11 is 6.04. The SMILES string of the molecule is CCC1CCC(Nc2cc(Cl)ccc2C)CC1. The summed E-state index contributed by atoms with van der Waals surface area (Å²) in [5.41, 5.74) is 2.49. The van der Waals surface area contributed by atoms with Crippen LogP contribution in [0, 0.1) is 12.8 Å². The Bertz CT molecular complexity index is 367. The number of aryl methyl sites for hydroxylation is 1. The molecule has 2 rings (SSSR count). The smallest absolute Gasteiger partial charge is 0.0426 e. The highest BCUT2D eigenvalue weighted by Gasteiger charge is 2.19. The van der Waals surface area contributed by atoms with E-state index >= 15 is 0 Å². The van der Waals surface area contributed by atoms with Crippen molar-refractivity contribution in [3.05, 3.63) is 28.8 Å². The lowest BCUT2D eigenvalue weighted by Gasteiger charge is -2.29. The largest absolute Gasteiger partial charge is 0.382 e. The van der Waals surface area contributed by atoms with Gasteiger partial charge in [-0.3, -0.25) is 0 Å². The van der Waals surface area contributed by atoms with Crippen molar-refractivity contribution in [3.8, 4) is 0 Å². The molecule has 0 saturated heterocycles. The van der Waals surface area contributed by atoms with E-state index in [0.717, 1.165) is 10.9 Å². The molecule has 0 bridgehead atoms. The van der Waals surface area contributed by atoms with Gasteiger partial charge in [0.15, 0.2) is 0 Å². The molecule has 1 aliphatic rings. The van der Waals surface area contributed by atoms with Gasteiger partial charge < -0.3 is 5.32 Å². The van der Waals surface area contributed by atoms with Gasteiger partial charge in [0, 0.05) is 16.8 Å². The molecule has 0 aliphatic heterocycles.